The number of Topliss-reactive ketones (excluding diaryl/α,β-unsaturated/α-hetero) is 1. The number of carbonyl (C=O) groups is 1. The Morgan fingerprint density at radius 3 is 1.73 bits per heavy atom. The predicted molar refractivity (Wildman–Crippen MR) is 69.1 cm³/mol. The molecular weight excluding hydrogens is 184 g/mol. The lowest BCUT2D eigenvalue weighted by Crippen LogP contribution is -2.19. The third kappa shape index (κ3) is 9.96. The normalized spacial score (nSPS) is 12.7. The molecule has 0 aliphatic carbocycles. The lowest BCUT2D eigenvalue weighted by Gasteiger charge is -2.29. The van der Waals surface area contributed by atoms with E-state index in [4.69, 9.17) is 0 Å². The van der Waals surface area contributed by atoms with Crippen molar-refractivity contribution < 1.29 is 4.79 Å². The summed E-state index contributed by atoms with van der Waals surface area (Å²) >= 11 is 0. The fourth-order valence-corrected chi connectivity index (χ4v) is 1.25. The molecule has 1 unspecified atom stereocenters. The summed E-state index contributed by atoms with van der Waals surface area (Å²) in [5.74, 6) is 1.15. The molecule has 0 heterocycles. The van der Waals surface area contributed by atoms with Crippen molar-refractivity contribution >= 4 is 5.78 Å². The minimum absolute atomic E-state index is 0.289. The van der Waals surface area contributed by atoms with Gasteiger partial charge >= 0.3 is 0 Å². The zero-order chi connectivity index (χ0) is 12.5. The molecule has 0 radical (unpaired) electrons. The van der Waals surface area contributed by atoms with Crippen molar-refractivity contribution in [3.05, 3.63) is 0 Å². The van der Waals surface area contributed by atoms with Gasteiger partial charge in [-0.2, -0.15) is 0 Å². The zero-order valence-electron chi connectivity index (χ0n) is 11.8. The minimum Gasteiger partial charge on any atom is -0.300 e. The summed E-state index contributed by atoms with van der Waals surface area (Å²) in [6, 6.07) is 0. The van der Waals surface area contributed by atoms with Gasteiger partial charge in [0.2, 0.25) is 0 Å². The van der Waals surface area contributed by atoms with Crippen LogP contribution in [0.25, 0.3) is 0 Å². The first-order valence-electron chi connectivity index (χ1n) is 6.31. The largest absolute Gasteiger partial charge is 0.300 e. The molecule has 0 fully saturated rings. The highest BCUT2D eigenvalue weighted by molar-refractivity contribution is 5.75. The summed E-state index contributed by atoms with van der Waals surface area (Å²) in [6.45, 7) is 15.2. The topological polar surface area (TPSA) is 17.1 Å². The number of hydrogen-bond donors (Lipinski definition) is 0. The Labute approximate surface area is 96.7 Å². The molecule has 92 valence electrons. The van der Waals surface area contributed by atoms with Crippen molar-refractivity contribution in [3.8, 4) is 0 Å². The number of rotatable bonds is 5. The van der Waals surface area contributed by atoms with E-state index in [9.17, 15) is 4.79 Å². The fraction of sp³-hybridized carbons (Fsp3) is 0.929. The molecule has 0 aliphatic heterocycles. The highest BCUT2D eigenvalue weighted by atomic mass is 16.1. The van der Waals surface area contributed by atoms with Crippen LogP contribution < -0.4 is 0 Å². The first-order valence-corrected chi connectivity index (χ1v) is 6.31. The average molecular weight is 214 g/mol. The summed E-state index contributed by atoms with van der Waals surface area (Å²) < 4.78 is 0. The first kappa shape index (κ1) is 17.1. The second-order valence-corrected chi connectivity index (χ2v) is 5.10. The van der Waals surface area contributed by atoms with E-state index in [0.717, 1.165) is 18.8 Å². The minimum atomic E-state index is 0.289. The van der Waals surface area contributed by atoms with Crippen molar-refractivity contribution in [1.82, 2.24) is 0 Å². The van der Waals surface area contributed by atoms with E-state index in [1.54, 1.807) is 6.92 Å². The SMILES string of the molecule is CCC(C)C(C)(C)CC.CCCC(C)=O. The van der Waals surface area contributed by atoms with E-state index in [2.05, 4.69) is 34.6 Å². The van der Waals surface area contributed by atoms with Gasteiger partial charge < -0.3 is 4.79 Å². The molecule has 0 amide bonds. The van der Waals surface area contributed by atoms with Gasteiger partial charge in [0.05, 0.1) is 0 Å². The van der Waals surface area contributed by atoms with Gasteiger partial charge in [-0.05, 0) is 24.7 Å². The predicted octanol–water partition coefficient (Wildman–Crippen LogP) is 4.84. The molecular formula is C14H30O. The second kappa shape index (κ2) is 8.94. The van der Waals surface area contributed by atoms with E-state index >= 15 is 0 Å². The molecule has 0 spiro atoms. The van der Waals surface area contributed by atoms with Crippen LogP contribution in [-0.2, 0) is 4.79 Å². The smallest absolute Gasteiger partial charge is 0.129 e. The zero-order valence-corrected chi connectivity index (χ0v) is 11.8. The number of hydrogen-bond acceptors (Lipinski definition) is 1. The van der Waals surface area contributed by atoms with Crippen molar-refractivity contribution in [1.29, 1.82) is 0 Å². The molecule has 0 rings (SSSR count). The maximum Gasteiger partial charge on any atom is 0.129 e. The Morgan fingerprint density at radius 2 is 1.67 bits per heavy atom. The fourth-order valence-electron chi connectivity index (χ4n) is 1.25. The van der Waals surface area contributed by atoms with E-state index in [0.29, 0.717) is 5.41 Å². The Bertz CT molecular complexity index is 159. The summed E-state index contributed by atoms with van der Waals surface area (Å²) in [7, 11) is 0. The summed E-state index contributed by atoms with van der Waals surface area (Å²) in [5, 5.41) is 0. The van der Waals surface area contributed by atoms with Crippen LogP contribution in [0.1, 0.15) is 74.1 Å². The molecule has 1 atom stereocenters. The van der Waals surface area contributed by atoms with Gasteiger partial charge in [-0.15, -0.1) is 0 Å². The Balaban J connectivity index is 0. The van der Waals surface area contributed by atoms with E-state index in [-0.39, 0.29) is 5.78 Å². The van der Waals surface area contributed by atoms with Crippen molar-refractivity contribution in [3.63, 3.8) is 0 Å². The molecule has 0 aromatic carbocycles. The van der Waals surface area contributed by atoms with Crippen LogP contribution in [0, 0.1) is 11.3 Å². The number of ketones is 1. The standard InChI is InChI=1S/C9H20.C5H10O/c1-6-8(3)9(4,5)7-2;1-3-4-5(2)6/h8H,6-7H2,1-5H3;3-4H2,1-2H3. The Hall–Kier alpha value is -0.330. The van der Waals surface area contributed by atoms with Gasteiger partial charge in [0, 0.05) is 6.42 Å². The molecule has 1 nitrogen and oxygen atoms in total. The van der Waals surface area contributed by atoms with Gasteiger partial charge in [0.25, 0.3) is 0 Å². The van der Waals surface area contributed by atoms with Gasteiger partial charge in [-0.3, -0.25) is 0 Å². The Kier molecular flexibility index (Phi) is 10.2. The Morgan fingerprint density at radius 1 is 1.20 bits per heavy atom. The second-order valence-electron chi connectivity index (χ2n) is 5.10. The lowest BCUT2D eigenvalue weighted by molar-refractivity contribution is -0.117. The summed E-state index contributed by atoms with van der Waals surface area (Å²) in [6.07, 6.45) is 4.32. The number of carbonyl (C=O) groups excluding carboxylic acids is 1. The lowest BCUT2D eigenvalue weighted by atomic mass is 9.77. The van der Waals surface area contributed by atoms with Gasteiger partial charge in [-0.1, -0.05) is 54.4 Å². The third-order valence-corrected chi connectivity index (χ3v) is 3.46. The van der Waals surface area contributed by atoms with Crippen LogP contribution in [-0.4, -0.2) is 5.78 Å². The van der Waals surface area contributed by atoms with Gasteiger partial charge in [-0.25, -0.2) is 0 Å². The molecule has 0 N–H and O–H groups in total. The third-order valence-electron chi connectivity index (χ3n) is 3.46. The molecule has 0 saturated carbocycles. The van der Waals surface area contributed by atoms with E-state index in [1.807, 2.05) is 6.92 Å². The molecule has 0 aromatic heterocycles. The molecule has 0 aliphatic rings. The maximum absolute atomic E-state index is 10.0. The van der Waals surface area contributed by atoms with Crippen LogP contribution in [0.15, 0.2) is 0 Å². The highest BCUT2D eigenvalue weighted by Gasteiger charge is 2.21. The van der Waals surface area contributed by atoms with Gasteiger partial charge in [0.1, 0.15) is 5.78 Å². The molecule has 0 bridgehead atoms. The summed E-state index contributed by atoms with van der Waals surface area (Å²) in [5.41, 5.74) is 0.550. The highest BCUT2D eigenvalue weighted by Crippen LogP contribution is 2.31. The average Bonchev–Trinajstić information content (AvgIpc) is 2.17. The van der Waals surface area contributed by atoms with Gasteiger partial charge in [0.15, 0.2) is 0 Å². The molecule has 0 aromatic rings. The van der Waals surface area contributed by atoms with Crippen molar-refractivity contribution in [2.45, 2.75) is 74.1 Å². The van der Waals surface area contributed by atoms with Crippen LogP contribution in [0.3, 0.4) is 0 Å². The van der Waals surface area contributed by atoms with Crippen LogP contribution >= 0.6 is 0 Å². The molecule has 15 heavy (non-hydrogen) atoms. The first-order chi connectivity index (χ1) is 6.81. The maximum atomic E-state index is 10.0. The molecule has 1 heteroatoms. The van der Waals surface area contributed by atoms with Crippen LogP contribution in [0.5, 0.6) is 0 Å². The van der Waals surface area contributed by atoms with E-state index < -0.39 is 0 Å². The quantitative estimate of drug-likeness (QED) is 0.639. The molecule has 0 saturated heterocycles. The van der Waals surface area contributed by atoms with Crippen molar-refractivity contribution in [2.75, 3.05) is 0 Å². The van der Waals surface area contributed by atoms with Crippen molar-refractivity contribution in [2.24, 2.45) is 11.3 Å². The summed E-state index contributed by atoms with van der Waals surface area (Å²) in [4.78, 5) is 10.0. The van der Waals surface area contributed by atoms with E-state index in [1.165, 1.54) is 12.8 Å². The van der Waals surface area contributed by atoms with Crippen LogP contribution in [0.2, 0.25) is 0 Å². The monoisotopic (exact) mass is 214 g/mol. The van der Waals surface area contributed by atoms with Crippen LogP contribution in [0.4, 0.5) is 0 Å².